The normalized spacial score (nSPS) is 15.0. The monoisotopic (exact) mass is 323 g/mol. The van der Waals surface area contributed by atoms with Crippen LogP contribution < -0.4 is 5.32 Å². The summed E-state index contributed by atoms with van der Waals surface area (Å²) in [5.41, 5.74) is 1.16. The Morgan fingerprint density at radius 1 is 1.41 bits per heavy atom. The van der Waals surface area contributed by atoms with Crippen molar-refractivity contribution >= 4 is 17.6 Å². The summed E-state index contributed by atoms with van der Waals surface area (Å²) < 4.78 is 5.67. The summed E-state index contributed by atoms with van der Waals surface area (Å²) in [7, 11) is 3.84. The maximum atomic E-state index is 6.17. The Morgan fingerprint density at radius 3 is 2.86 bits per heavy atom. The van der Waals surface area contributed by atoms with Crippen molar-refractivity contribution in [1.82, 2.24) is 10.2 Å². The number of likely N-dealkylation sites (N-methyl/N-ethyl adjacent to an activating group) is 1. The molecule has 0 spiro atoms. The Morgan fingerprint density at radius 2 is 2.18 bits per heavy atom. The van der Waals surface area contributed by atoms with E-state index in [0.29, 0.717) is 0 Å². The fourth-order valence-corrected chi connectivity index (χ4v) is 2.47. The molecule has 0 aliphatic heterocycles. The number of nitrogens with one attached hydrogen (secondary N) is 1. The van der Waals surface area contributed by atoms with Crippen molar-refractivity contribution in [1.29, 1.82) is 0 Å². The lowest BCUT2D eigenvalue weighted by molar-refractivity contribution is 0.115. The molecule has 0 saturated heterocycles. The molecule has 1 N–H and O–H groups in total. The molecule has 5 heteroatoms. The number of halogens is 1. The lowest BCUT2D eigenvalue weighted by Gasteiger charge is -2.22. The molecular formula is C17H26ClN3O. The van der Waals surface area contributed by atoms with Crippen LogP contribution in [0.25, 0.3) is 0 Å². The summed E-state index contributed by atoms with van der Waals surface area (Å²) >= 11 is 6.17. The van der Waals surface area contributed by atoms with Gasteiger partial charge in [0.2, 0.25) is 0 Å². The second-order valence-electron chi connectivity index (χ2n) is 5.76. The van der Waals surface area contributed by atoms with Crippen LogP contribution in [0.1, 0.15) is 18.4 Å². The van der Waals surface area contributed by atoms with Gasteiger partial charge in [-0.3, -0.25) is 4.99 Å². The third kappa shape index (κ3) is 5.85. The van der Waals surface area contributed by atoms with Crippen molar-refractivity contribution in [3.8, 4) is 0 Å². The Labute approximate surface area is 138 Å². The predicted molar refractivity (Wildman–Crippen MR) is 92.7 cm³/mol. The number of hydrogen-bond donors (Lipinski definition) is 1. The summed E-state index contributed by atoms with van der Waals surface area (Å²) in [6.07, 6.45) is 3.55. The molecule has 4 nitrogen and oxygen atoms in total. The highest BCUT2D eigenvalue weighted by Crippen LogP contribution is 2.28. The average Bonchev–Trinajstić information content (AvgIpc) is 3.34. The van der Waals surface area contributed by atoms with Crippen LogP contribution in [0, 0.1) is 5.92 Å². The fourth-order valence-electron chi connectivity index (χ4n) is 2.24. The molecule has 1 aliphatic carbocycles. The lowest BCUT2D eigenvalue weighted by Crippen LogP contribution is -2.41. The highest BCUT2D eigenvalue weighted by molar-refractivity contribution is 6.31. The van der Waals surface area contributed by atoms with Gasteiger partial charge in [0.1, 0.15) is 0 Å². The molecule has 1 aromatic rings. The zero-order valence-corrected chi connectivity index (χ0v) is 14.3. The highest BCUT2D eigenvalue weighted by Gasteiger charge is 2.21. The van der Waals surface area contributed by atoms with Crippen molar-refractivity contribution in [2.45, 2.75) is 19.3 Å². The molecule has 0 aromatic heterocycles. The number of guanidine groups is 1. The first-order valence-corrected chi connectivity index (χ1v) is 8.31. The number of ether oxygens (including phenoxy) is 1. The maximum Gasteiger partial charge on any atom is 0.193 e. The van der Waals surface area contributed by atoms with Crippen molar-refractivity contribution in [2.24, 2.45) is 10.9 Å². The topological polar surface area (TPSA) is 36.9 Å². The number of hydrogen-bond acceptors (Lipinski definition) is 2. The largest absolute Gasteiger partial charge is 0.379 e. The molecule has 0 atom stereocenters. The average molecular weight is 324 g/mol. The summed E-state index contributed by atoms with van der Waals surface area (Å²) in [4.78, 5) is 6.41. The molecule has 1 saturated carbocycles. The second kappa shape index (κ2) is 9.01. The van der Waals surface area contributed by atoms with Gasteiger partial charge >= 0.3 is 0 Å². The first kappa shape index (κ1) is 17.1. The van der Waals surface area contributed by atoms with Crippen LogP contribution in [0.5, 0.6) is 0 Å². The third-order valence-electron chi connectivity index (χ3n) is 3.83. The number of rotatable bonds is 8. The van der Waals surface area contributed by atoms with Crippen LogP contribution in [-0.2, 0) is 11.2 Å². The van der Waals surface area contributed by atoms with Crippen LogP contribution in [-0.4, -0.2) is 51.3 Å². The first-order valence-electron chi connectivity index (χ1n) is 7.93. The lowest BCUT2D eigenvalue weighted by atomic mass is 10.1. The molecular weight excluding hydrogens is 298 g/mol. The molecule has 0 amide bonds. The molecule has 0 unspecified atom stereocenters. The van der Waals surface area contributed by atoms with E-state index in [1.54, 1.807) is 7.05 Å². The van der Waals surface area contributed by atoms with Crippen molar-refractivity contribution in [3.05, 3.63) is 34.9 Å². The van der Waals surface area contributed by atoms with Gasteiger partial charge in [0, 0.05) is 38.8 Å². The molecule has 0 heterocycles. The Hall–Kier alpha value is -1.26. The molecule has 2 rings (SSSR count). The molecule has 1 aromatic carbocycles. The van der Waals surface area contributed by atoms with E-state index in [4.69, 9.17) is 16.3 Å². The van der Waals surface area contributed by atoms with Gasteiger partial charge in [-0.2, -0.15) is 0 Å². The molecule has 22 heavy (non-hydrogen) atoms. The summed E-state index contributed by atoms with van der Waals surface area (Å²) in [5.74, 6) is 1.71. The second-order valence-corrected chi connectivity index (χ2v) is 6.16. The Bertz CT molecular complexity index is 489. The van der Waals surface area contributed by atoms with Gasteiger partial charge in [-0.15, -0.1) is 0 Å². The number of nitrogens with zero attached hydrogens (tertiary/aromatic N) is 2. The maximum absolute atomic E-state index is 6.17. The Balaban J connectivity index is 1.66. The van der Waals surface area contributed by atoms with E-state index in [2.05, 4.69) is 21.3 Å². The standard InChI is InChI=1S/C17H26ClN3O/c1-19-17(21(2)11-12-22-13-14-7-8-14)20-10-9-15-5-3-4-6-16(15)18/h3-6,14H,7-13H2,1-2H3,(H,19,20). The van der Waals surface area contributed by atoms with Crippen molar-refractivity contribution < 1.29 is 4.74 Å². The smallest absolute Gasteiger partial charge is 0.193 e. The first-order chi connectivity index (χ1) is 10.7. The van der Waals surface area contributed by atoms with Gasteiger partial charge in [-0.05, 0) is 36.8 Å². The van der Waals surface area contributed by atoms with Crippen molar-refractivity contribution in [2.75, 3.05) is 40.4 Å². The van der Waals surface area contributed by atoms with E-state index in [0.717, 1.165) is 55.2 Å². The number of benzene rings is 1. The van der Waals surface area contributed by atoms with Gasteiger partial charge in [0.15, 0.2) is 5.96 Å². The summed E-state index contributed by atoms with van der Waals surface area (Å²) in [6.45, 7) is 3.31. The number of aliphatic imine (C=N–C) groups is 1. The van der Waals surface area contributed by atoms with Crippen LogP contribution in [0.15, 0.2) is 29.3 Å². The van der Waals surface area contributed by atoms with Crippen LogP contribution in [0.2, 0.25) is 5.02 Å². The quantitative estimate of drug-likeness (QED) is 0.454. The molecule has 0 bridgehead atoms. The van der Waals surface area contributed by atoms with E-state index in [1.807, 2.05) is 25.2 Å². The zero-order chi connectivity index (χ0) is 15.8. The molecule has 0 radical (unpaired) electrons. The van der Waals surface area contributed by atoms with E-state index < -0.39 is 0 Å². The third-order valence-corrected chi connectivity index (χ3v) is 4.20. The highest BCUT2D eigenvalue weighted by atomic mass is 35.5. The van der Waals surface area contributed by atoms with Crippen LogP contribution in [0.4, 0.5) is 0 Å². The summed E-state index contributed by atoms with van der Waals surface area (Å²) in [6, 6.07) is 7.95. The predicted octanol–water partition coefficient (Wildman–Crippen LogP) is 2.82. The molecule has 1 fully saturated rings. The van der Waals surface area contributed by atoms with E-state index in [1.165, 1.54) is 12.8 Å². The van der Waals surface area contributed by atoms with Gasteiger partial charge in [-0.25, -0.2) is 0 Å². The van der Waals surface area contributed by atoms with Gasteiger partial charge in [-0.1, -0.05) is 29.8 Å². The minimum absolute atomic E-state index is 0.748. The van der Waals surface area contributed by atoms with Gasteiger partial charge in [0.25, 0.3) is 0 Å². The minimum atomic E-state index is 0.748. The van der Waals surface area contributed by atoms with Crippen LogP contribution in [0.3, 0.4) is 0 Å². The fraction of sp³-hybridized carbons (Fsp3) is 0.588. The van der Waals surface area contributed by atoms with Crippen LogP contribution >= 0.6 is 11.6 Å². The molecule has 122 valence electrons. The molecule has 1 aliphatic rings. The van der Waals surface area contributed by atoms with Gasteiger partial charge < -0.3 is 15.0 Å². The van der Waals surface area contributed by atoms with Crippen molar-refractivity contribution in [3.63, 3.8) is 0 Å². The van der Waals surface area contributed by atoms with E-state index in [-0.39, 0.29) is 0 Å². The van der Waals surface area contributed by atoms with E-state index in [9.17, 15) is 0 Å². The van der Waals surface area contributed by atoms with E-state index >= 15 is 0 Å². The summed E-state index contributed by atoms with van der Waals surface area (Å²) in [5, 5.41) is 4.19. The zero-order valence-electron chi connectivity index (χ0n) is 13.5. The van der Waals surface area contributed by atoms with Gasteiger partial charge in [0.05, 0.1) is 6.61 Å². The Kier molecular flexibility index (Phi) is 7.00. The minimum Gasteiger partial charge on any atom is -0.379 e. The SMILES string of the molecule is CN=C(NCCc1ccccc1Cl)N(C)CCOCC1CC1.